The van der Waals surface area contributed by atoms with Crippen LogP contribution in [-0.2, 0) is 0 Å². The molecule has 1 aliphatic rings. The fraction of sp³-hybridized carbons (Fsp3) is 0.409. The highest BCUT2D eigenvalue weighted by atomic mass is 35.5. The van der Waals surface area contributed by atoms with Gasteiger partial charge in [-0.15, -0.1) is 0 Å². The van der Waals surface area contributed by atoms with Gasteiger partial charge in [-0.05, 0) is 57.9 Å². The Morgan fingerprint density at radius 2 is 1.83 bits per heavy atom. The predicted octanol–water partition coefficient (Wildman–Crippen LogP) is 5.34. The van der Waals surface area contributed by atoms with Crippen LogP contribution in [0.4, 0.5) is 5.69 Å². The van der Waals surface area contributed by atoms with Crippen LogP contribution < -0.4 is 5.32 Å². The lowest BCUT2D eigenvalue weighted by Gasteiger charge is -2.34. The Morgan fingerprint density at radius 3 is 2.47 bits per heavy atom. The molecule has 8 heteroatoms. The van der Waals surface area contributed by atoms with Gasteiger partial charge in [0.15, 0.2) is 5.65 Å². The number of amides is 1. The van der Waals surface area contributed by atoms with E-state index in [2.05, 4.69) is 29.0 Å². The molecule has 1 amide bonds. The number of fused-ring (bicyclic) bond motifs is 1. The van der Waals surface area contributed by atoms with Crippen molar-refractivity contribution in [1.82, 2.24) is 19.7 Å². The van der Waals surface area contributed by atoms with E-state index in [4.69, 9.17) is 28.3 Å². The minimum absolute atomic E-state index is 0.286. The molecule has 0 radical (unpaired) electrons. The van der Waals surface area contributed by atoms with Gasteiger partial charge in [0.25, 0.3) is 5.91 Å². The number of nitrogens with one attached hydrogen (secondary N) is 1. The van der Waals surface area contributed by atoms with Gasteiger partial charge >= 0.3 is 0 Å². The van der Waals surface area contributed by atoms with Crippen molar-refractivity contribution in [3.63, 3.8) is 0 Å². The molecule has 1 fully saturated rings. The van der Waals surface area contributed by atoms with E-state index in [9.17, 15) is 4.79 Å². The number of likely N-dealkylation sites (tertiary alicyclic amines) is 1. The van der Waals surface area contributed by atoms with Gasteiger partial charge in [0, 0.05) is 36.0 Å². The highest BCUT2D eigenvalue weighted by Gasteiger charge is 2.26. The van der Waals surface area contributed by atoms with Gasteiger partial charge in [-0.2, -0.15) is 5.10 Å². The number of aromatic nitrogens is 3. The maximum absolute atomic E-state index is 12.8. The molecule has 0 atom stereocenters. The Morgan fingerprint density at radius 1 is 1.17 bits per heavy atom. The first kappa shape index (κ1) is 21.1. The van der Waals surface area contributed by atoms with E-state index in [1.54, 1.807) is 24.3 Å². The summed E-state index contributed by atoms with van der Waals surface area (Å²) in [7, 11) is 0. The molecule has 0 aliphatic carbocycles. The summed E-state index contributed by atoms with van der Waals surface area (Å²) in [5.41, 5.74) is 2.50. The largest absolute Gasteiger partial charge is 0.322 e. The first-order valence-electron chi connectivity index (χ1n) is 10.2. The maximum atomic E-state index is 12.8. The van der Waals surface area contributed by atoms with Crippen molar-refractivity contribution in [2.24, 2.45) is 0 Å². The number of aryl methyl sites for hydroxylation is 1. The van der Waals surface area contributed by atoms with Crippen molar-refractivity contribution >= 4 is 45.8 Å². The molecule has 1 saturated heterocycles. The molecular weight excluding hydrogens is 421 g/mol. The maximum Gasteiger partial charge on any atom is 0.258 e. The number of nitrogens with zero attached hydrogens (tertiary/aromatic N) is 4. The average molecular weight is 446 g/mol. The number of anilines is 1. The standard InChI is InChI=1S/C22H25Cl2N5O/c1-13(2)28-10-8-17(9-11-28)29-21-19(14(3)27-29)20(24)18(12-25-21)22(30)26-16-6-4-15(23)5-7-16/h4-7,12-13,17H,8-11H2,1-3H3,(H,26,30). The third-order valence-corrected chi connectivity index (χ3v) is 6.40. The summed E-state index contributed by atoms with van der Waals surface area (Å²) in [6, 6.07) is 7.77. The quantitative estimate of drug-likeness (QED) is 0.588. The zero-order valence-corrected chi connectivity index (χ0v) is 18.8. The molecule has 0 unspecified atom stereocenters. The normalized spacial score (nSPS) is 15.8. The summed E-state index contributed by atoms with van der Waals surface area (Å²) in [5.74, 6) is -0.311. The van der Waals surface area contributed by atoms with Crippen LogP contribution in [0.2, 0.25) is 10.0 Å². The second kappa shape index (κ2) is 8.53. The van der Waals surface area contributed by atoms with Gasteiger partial charge in [-0.1, -0.05) is 23.2 Å². The zero-order valence-electron chi connectivity index (χ0n) is 17.3. The second-order valence-corrected chi connectivity index (χ2v) is 8.85. The molecule has 0 bridgehead atoms. The molecule has 1 aliphatic heterocycles. The summed E-state index contributed by atoms with van der Waals surface area (Å²) in [6.07, 6.45) is 3.58. The summed E-state index contributed by atoms with van der Waals surface area (Å²) >= 11 is 12.6. The fourth-order valence-corrected chi connectivity index (χ4v) is 4.51. The van der Waals surface area contributed by atoms with Crippen molar-refractivity contribution in [2.75, 3.05) is 18.4 Å². The van der Waals surface area contributed by atoms with Gasteiger partial charge in [0.2, 0.25) is 0 Å². The monoisotopic (exact) mass is 445 g/mol. The molecule has 6 nitrogen and oxygen atoms in total. The van der Waals surface area contributed by atoms with Gasteiger partial charge in [-0.25, -0.2) is 9.67 Å². The van der Waals surface area contributed by atoms with Crippen molar-refractivity contribution in [3.8, 4) is 0 Å². The second-order valence-electron chi connectivity index (χ2n) is 8.04. The lowest BCUT2D eigenvalue weighted by molar-refractivity contribution is 0.102. The van der Waals surface area contributed by atoms with Crippen molar-refractivity contribution in [3.05, 3.63) is 51.8 Å². The van der Waals surface area contributed by atoms with E-state index < -0.39 is 0 Å². The van der Waals surface area contributed by atoms with Crippen LogP contribution in [0.3, 0.4) is 0 Å². The number of carbonyl (C=O) groups excluding carboxylic acids is 1. The zero-order chi connectivity index (χ0) is 21.4. The molecule has 3 heterocycles. The van der Waals surface area contributed by atoms with Crippen LogP contribution in [-0.4, -0.2) is 44.7 Å². The lowest BCUT2D eigenvalue weighted by atomic mass is 10.0. The van der Waals surface area contributed by atoms with E-state index >= 15 is 0 Å². The topological polar surface area (TPSA) is 63.1 Å². The third kappa shape index (κ3) is 4.04. The fourth-order valence-electron chi connectivity index (χ4n) is 4.02. The minimum atomic E-state index is -0.311. The molecule has 4 rings (SSSR count). The van der Waals surface area contributed by atoms with Crippen LogP contribution in [0.5, 0.6) is 0 Å². The van der Waals surface area contributed by atoms with E-state index in [1.165, 1.54) is 6.20 Å². The molecular formula is C22H25Cl2N5O. The number of hydrogen-bond donors (Lipinski definition) is 1. The van der Waals surface area contributed by atoms with Crippen LogP contribution in [0, 0.1) is 6.92 Å². The smallest absolute Gasteiger partial charge is 0.258 e. The van der Waals surface area contributed by atoms with Gasteiger partial charge in [-0.3, -0.25) is 4.79 Å². The van der Waals surface area contributed by atoms with Crippen LogP contribution >= 0.6 is 23.2 Å². The Labute approximate surface area is 186 Å². The first-order chi connectivity index (χ1) is 14.3. The summed E-state index contributed by atoms with van der Waals surface area (Å²) in [5, 5.41) is 9.32. The summed E-state index contributed by atoms with van der Waals surface area (Å²) < 4.78 is 2.00. The molecule has 0 spiro atoms. The molecule has 3 aromatic rings. The number of rotatable bonds is 4. The van der Waals surface area contributed by atoms with Gasteiger partial charge in [0.1, 0.15) is 0 Å². The van der Waals surface area contributed by atoms with E-state index in [0.29, 0.717) is 27.3 Å². The van der Waals surface area contributed by atoms with Crippen molar-refractivity contribution in [1.29, 1.82) is 0 Å². The molecule has 1 N–H and O–H groups in total. The lowest BCUT2D eigenvalue weighted by Crippen LogP contribution is -2.39. The molecule has 1 aromatic carbocycles. The van der Waals surface area contributed by atoms with Crippen molar-refractivity contribution < 1.29 is 4.79 Å². The van der Waals surface area contributed by atoms with E-state index in [0.717, 1.165) is 42.7 Å². The number of halogens is 2. The Kier molecular flexibility index (Phi) is 6.00. The van der Waals surface area contributed by atoms with Crippen molar-refractivity contribution in [2.45, 2.75) is 45.7 Å². The van der Waals surface area contributed by atoms with Crippen LogP contribution in [0.15, 0.2) is 30.5 Å². The number of hydrogen-bond acceptors (Lipinski definition) is 4. The number of pyridine rings is 1. The summed E-state index contributed by atoms with van der Waals surface area (Å²) in [6.45, 7) is 8.45. The van der Waals surface area contributed by atoms with E-state index in [1.807, 2.05) is 11.6 Å². The van der Waals surface area contributed by atoms with E-state index in [-0.39, 0.29) is 11.9 Å². The Hall–Kier alpha value is -2.15. The highest BCUT2D eigenvalue weighted by Crippen LogP contribution is 2.33. The molecule has 30 heavy (non-hydrogen) atoms. The number of piperidine rings is 1. The number of carbonyl (C=O) groups is 1. The minimum Gasteiger partial charge on any atom is -0.322 e. The SMILES string of the molecule is Cc1nn(C2CCN(C(C)C)CC2)c2ncc(C(=O)Nc3ccc(Cl)cc3)c(Cl)c12. The Balaban J connectivity index is 1.61. The third-order valence-electron chi connectivity index (χ3n) is 5.75. The average Bonchev–Trinajstić information content (AvgIpc) is 3.07. The highest BCUT2D eigenvalue weighted by molar-refractivity contribution is 6.39. The molecule has 158 valence electrons. The summed E-state index contributed by atoms with van der Waals surface area (Å²) in [4.78, 5) is 19.9. The first-order valence-corrected chi connectivity index (χ1v) is 10.9. The number of benzene rings is 1. The predicted molar refractivity (Wildman–Crippen MR) is 122 cm³/mol. The van der Waals surface area contributed by atoms with Gasteiger partial charge in [0.05, 0.1) is 27.7 Å². The molecule has 0 saturated carbocycles. The van der Waals surface area contributed by atoms with Gasteiger partial charge < -0.3 is 10.2 Å². The van der Waals surface area contributed by atoms with Crippen LogP contribution in [0.1, 0.15) is 48.8 Å². The molecule has 2 aromatic heterocycles. The van der Waals surface area contributed by atoms with Crippen LogP contribution in [0.25, 0.3) is 11.0 Å². The Bertz CT molecular complexity index is 1070.